The molecule has 0 fully saturated rings. The number of rotatable bonds is 6. The second-order valence-electron chi connectivity index (χ2n) is 8.97. The van der Waals surface area contributed by atoms with Crippen LogP contribution in [0, 0.1) is 0 Å². The van der Waals surface area contributed by atoms with Crippen molar-refractivity contribution in [3.05, 3.63) is 76.6 Å². The number of ether oxygens (including phenoxy) is 1. The quantitative estimate of drug-likeness (QED) is 0.320. The number of carbonyl (C=O) groups is 1. The Hall–Kier alpha value is -3.19. The van der Waals surface area contributed by atoms with Crippen molar-refractivity contribution >= 4 is 32.6 Å². The van der Waals surface area contributed by atoms with E-state index in [1.807, 2.05) is 48.5 Å². The SMILES string of the molecule is CN(Cc1nnc(-c2ccc(C(C)(C)C)cc2)o1)C(=O)COc1ccc2ccccc2c1Br. The summed E-state index contributed by atoms with van der Waals surface area (Å²) in [5.41, 5.74) is 2.15. The van der Waals surface area contributed by atoms with Gasteiger partial charge in [0.2, 0.25) is 11.8 Å². The smallest absolute Gasteiger partial charge is 0.260 e. The van der Waals surface area contributed by atoms with Gasteiger partial charge in [-0.15, -0.1) is 10.2 Å². The lowest BCUT2D eigenvalue weighted by Gasteiger charge is -2.18. The van der Waals surface area contributed by atoms with Crippen LogP contribution in [-0.2, 0) is 16.8 Å². The molecule has 0 N–H and O–H groups in total. The third-order valence-corrected chi connectivity index (χ3v) is 6.26. The fourth-order valence-corrected chi connectivity index (χ4v) is 4.02. The molecule has 0 saturated heterocycles. The first kappa shape index (κ1) is 23.0. The lowest BCUT2D eigenvalue weighted by Crippen LogP contribution is -2.31. The molecule has 0 atom stereocenters. The van der Waals surface area contributed by atoms with E-state index in [0.717, 1.165) is 20.8 Å². The molecule has 0 spiro atoms. The molecule has 170 valence electrons. The van der Waals surface area contributed by atoms with Gasteiger partial charge in [0.15, 0.2) is 6.61 Å². The Bertz CT molecular complexity index is 1280. The molecule has 4 rings (SSSR count). The number of fused-ring (bicyclic) bond motifs is 1. The van der Waals surface area contributed by atoms with Gasteiger partial charge in [0.25, 0.3) is 5.91 Å². The van der Waals surface area contributed by atoms with Crippen molar-refractivity contribution in [3.63, 3.8) is 0 Å². The van der Waals surface area contributed by atoms with Crippen LogP contribution in [0.4, 0.5) is 0 Å². The summed E-state index contributed by atoms with van der Waals surface area (Å²) in [5, 5.41) is 10.4. The van der Waals surface area contributed by atoms with E-state index in [-0.39, 0.29) is 24.5 Å². The van der Waals surface area contributed by atoms with Gasteiger partial charge in [-0.05, 0) is 55.9 Å². The Balaban J connectivity index is 1.37. The van der Waals surface area contributed by atoms with Crippen LogP contribution in [-0.4, -0.2) is 34.7 Å². The maximum atomic E-state index is 12.6. The highest BCUT2D eigenvalue weighted by Gasteiger charge is 2.17. The van der Waals surface area contributed by atoms with E-state index in [1.165, 1.54) is 10.5 Å². The topological polar surface area (TPSA) is 68.5 Å². The molecule has 0 aliphatic heterocycles. The summed E-state index contributed by atoms with van der Waals surface area (Å²) in [4.78, 5) is 14.1. The van der Waals surface area contributed by atoms with Crippen LogP contribution in [0.15, 0.2) is 69.6 Å². The van der Waals surface area contributed by atoms with Crippen molar-refractivity contribution in [3.8, 4) is 17.2 Å². The highest BCUT2D eigenvalue weighted by Crippen LogP contribution is 2.33. The normalized spacial score (nSPS) is 11.5. The van der Waals surface area contributed by atoms with Crippen LogP contribution >= 0.6 is 15.9 Å². The Labute approximate surface area is 201 Å². The first-order valence-electron chi connectivity index (χ1n) is 10.7. The number of amides is 1. The molecular formula is C26H26BrN3O3. The number of aromatic nitrogens is 2. The predicted octanol–water partition coefficient (Wildman–Crippen LogP) is 5.99. The molecule has 1 amide bonds. The monoisotopic (exact) mass is 507 g/mol. The first-order valence-corrected chi connectivity index (χ1v) is 11.5. The van der Waals surface area contributed by atoms with Crippen molar-refractivity contribution in [2.75, 3.05) is 13.7 Å². The van der Waals surface area contributed by atoms with Crippen molar-refractivity contribution in [1.29, 1.82) is 0 Å². The summed E-state index contributed by atoms with van der Waals surface area (Å²) >= 11 is 3.58. The van der Waals surface area contributed by atoms with E-state index < -0.39 is 0 Å². The van der Waals surface area contributed by atoms with Gasteiger partial charge in [0.05, 0.1) is 11.0 Å². The fraction of sp³-hybridized carbons (Fsp3) is 0.269. The van der Waals surface area contributed by atoms with Crippen LogP contribution in [0.5, 0.6) is 5.75 Å². The number of hydrogen-bond acceptors (Lipinski definition) is 5. The first-order chi connectivity index (χ1) is 15.7. The van der Waals surface area contributed by atoms with Crippen molar-refractivity contribution in [2.45, 2.75) is 32.7 Å². The minimum atomic E-state index is -0.190. The van der Waals surface area contributed by atoms with Crippen LogP contribution < -0.4 is 4.74 Å². The molecule has 4 aromatic rings. The average Bonchev–Trinajstić information content (AvgIpc) is 3.26. The largest absolute Gasteiger partial charge is 0.483 e. The molecule has 0 bridgehead atoms. The van der Waals surface area contributed by atoms with Gasteiger partial charge >= 0.3 is 0 Å². The molecule has 1 heterocycles. The third kappa shape index (κ3) is 5.25. The van der Waals surface area contributed by atoms with E-state index in [9.17, 15) is 4.79 Å². The van der Waals surface area contributed by atoms with Crippen LogP contribution in [0.2, 0.25) is 0 Å². The Morgan fingerprint density at radius 1 is 1.03 bits per heavy atom. The average molecular weight is 508 g/mol. The number of nitrogens with zero attached hydrogens (tertiary/aromatic N) is 3. The van der Waals surface area contributed by atoms with Gasteiger partial charge in [-0.1, -0.05) is 63.2 Å². The number of hydrogen-bond donors (Lipinski definition) is 0. The van der Waals surface area contributed by atoms with E-state index in [4.69, 9.17) is 9.15 Å². The minimum Gasteiger partial charge on any atom is -0.483 e. The van der Waals surface area contributed by atoms with Crippen molar-refractivity contribution in [1.82, 2.24) is 15.1 Å². The Morgan fingerprint density at radius 3 is 2.48 bits per heavy atom. The molecule has 6 nitrogen and oxygen atoms in total. The molecule has 3 aromatic carbocycles. The summed E-state index contributed by atoms with van der Waals surface area (Å²) < 4.78 is 12.4. The van der Waals surface area contributed by atoms with Gasteiger partial charge in [0.1, 0.15) is 5.75 Å². The summed E-state index contributed by atoms with van der Waals surface area (Å²) in [5.74, 6) is 1.23. The van der Waals surface area contributed by atoms with E-state index in [0.29, 0.717) is 17.5 Å². The summed E-state index contributed by atoms with van der Waals surface area (Å²) in [6.45, 7) is 6.61. The van der Waals surface area contributed by atoms with Gasteiger partial charge < -0.3 is 14.1 Å². The van der Waals surface area contributed by atoms with Crippen LogP contribution in [0.3, 0.4) is 0 Å². The highest BCUT2D eigenvalue weighted by molar-refractivity contribution is 9.10. The molecule has 33 heavy (non-hydrogen) atoms. The van der Waals surface area contributed by atoms with Gasteiger partial charge in [0, 0.05) is 12.6 Å². The van der Waals surface area contributed by atoms with Crippen molar-refractivity contribution in [2.24, 2.45) is 0 Å². The zero-order valence-corrected chi connectivity index (χ0v) is 20.7. The molecule has 0 aliphatic rings. The standard InChI is InChI=1S/C26H26BrN3O3/c1-26(2,3)19-12-9-18(10-13-19)25-29-28-22(33-25)15-30(4)23(31)16-32-21-14-11-17-7-5-6-8-20(17)24(21)27/h5-14H,15-16H2,1-4H3. The van der Waals surface area contributed by atoms with Crippen LogP contribution in [0.25, 0.3) is 22.2 Å². The Kier molecular flexibility index (Phi) is 6.51. The minimum absolute atomic E-state index is 0.0755. The lowest BCUT2D eigenvalue weighted by molar-refractivity contribution is -0.132. The number of carbonyl (C=O) groups excluding carboxylic acids is 1. The van der Waals surface area contributed by atoms with E-state index in [2.05, 4.69) is 59.0 Å². The molecular weight excluding hydrogens is 482 g/mol. The van der Waals surface area contributed by atoms with E-state index in [1.54, 1.807) is 7.05 Å². The van der Waals surface area contributed by atoms with Gasteiger partial charge in [-0.3, -0.25) is 4.79 Å². The maximum absolute atomic E-state index is 12.6. The zero-order valence-electron chi connectivity index (χ0n) is 19.1. The molecule has 1 aromatic heterocycles. The number of halogens is 1. The predicted molar refractivity (Wildman–Crippen MR) is 132 cm³/mol. The van der Waals surface area contributed by atoms with E-state index >= 15 is 0 Å². The molecule has 7 heteroatoms. The zero-order chi connectivity index (χ0) is 23.6. The molecule has 0 aliphatic carbocycles. The lowest BCUT2D eigenvalue weighted by atomic mass is 9.87. The molecule has 0 unspecified atom stereocenters. The summed E-state index contributed by atoms with van der Waals surface area (Å²) in [6, 6.07) is 19.9. The Morgan fingerprint density at radius 2 is 1.76 bits per heavy atom. The number of likely N-dealkylation sites (N-methyl/N-ethyl adjacent to an activating group) is 1. The molecule has 0 saturated carbocycles. The third-order valence-electron chi connectivity index (χ3n) is 5.44. The summed E-state index contributed by atoms with van der Waals surface area (Å²) in [6.07, 6.45) is 0. The second kappa shape index (κ2) is 9.35. The number of benzene rings is 3. The van der Waals surface area contributed by atoms with Crippen LogP contribution in [0.1, 0.15) is 32.2 Å². The second-order valence-corrected chi connectivity index (χ2v) is 9.76. The maximum Gasteiger partial charge on any atom is 0.260 e. The van der Waals surface area contributed by atoms with Gasteiger partial charge in [-0.25, -0.2) is 0 Å². The van der Waals surface area contributed by atoms with Gasteiger partial charge in [-0.2, -0.15) is 0 Å². The summed E-state index contributed by atoms with van der Waals surface area (Å²) in [7, 11) is 1.68. The molecule has 0 radical (unpaired) electrons. The fourth-order valence-electron chi connectivity index (χ4n) is 3.41. The highest BCUT2D eigenvalue weighted by atomic mass is 79.9. The van der Waals surface area contributed by atoms with Crippen molar-refractivity contribution < 1.29 is 13.9 Å².